The van der Waals surface area contributed by atoms with Crippen LogP contribution in [0.15, 0.2) is 0 Å². The minimum absolute atomic E-state index is 0.298. The molecule has 0 rings (SSSR count). The third-order valence-corrected chi connectivity index (χ3v) is 1.46. The highest BCUT2D eigenvalue weighted by Crippen LogP contribution is 1.93. The van der Waals surface area contributed by atoms with Gasteiger partial charge in [0.2, 0.25) is 0 Å². The van der Waals surface area contributed by atoms with Crippen LogP contribution >= 0.6 is 0 Å². The average Bonchev–Trinajstić information content (AvgIpc) is 2.02. The van der Waals surface area contributed by atoms with Crippen molar-refractivity contribution in [3.8, 4) is 0 Å². The van der Waals surface area contributed by atoms with Gasteiger partial charge in [-0.1, -0.05) is 13.8 Å². The lowest BCUT2D eigenvalue weighted by atomic mass is 10.2. The van der Waals surface area contributed by atoms with Gasteiger partial charge in [-0.3, -0.25) is 0 Å². The maximum atomic E-state index is 8.49. The van der Waals surface area contributed by atoms with Crippen molar-refractivity contribution < 1.29 is 9.94 Å². The van der Waals surface area contributed by atoms with Crippen LogP contribution in [-0.2, 0) is 4.84 Å². The van der Waals surface area contributed by atoms with Crippen LogP contribution in [-0.4, -0.2) is 24.9 Å². The smallest absolute Gasteiger partial charge is 0.0705 e. The summed E-state index contributed by atoms with van der Waals surface area (Å²) in [7, 11) is 0. The fraction of sp³-hybridized carbons (Fsp3) is 1.00. The first-order chi connectivity index (χ1) is 5.77. The molecule has 0 spiro atoms. The molecule has 0 saturated carbocycles. The standard InChI is InChI=1S/C9H21NO2/c1-9(2)8-12-10-6-4-3-5-7-11/h9-11H,3-8H2,1-2H3. The molecule has 0 amide bonds. The number of hydroxylamine groups is 1. The van der Waals surface area contributed by atoms with Crippen molar-refractivity contribution in [2.45, 2.75) is 33.1 Å². The van der Waals surface area contributed by atoms with Gasteiger partial charge in [-0.05, 0) is 25.2 Å². The third kappa shape index (κ3) is 9.88. The average molecular weight is 175 g/mol. The topological polar surface area (TPSA) is 41.5 Å². The molecule has 0 saturated heterocycles. The fourth-order valence-electron chi connectivity index (χ4n) is 0.784. The Hall–Kier alpha value is -0.120. The molecular formula is C9H21NO2. The zero-order valence-corrected chi connectivity index (χ0v) is 8.18. The molecule has 12 heavy (non-hydrogen) atoms. The summed E-state index contributed by atoms with van der Waals surface area (Å²) >= 11 is 0. The lowest BCUT2D eigenvalue weighted by Gasteiger charge is -2.07. The van der Waals surface area contributed by atoms with Gasteiger partial charge in [0.25, 0.3) is 0 Å². The van der Waals surface area contributed by atoms with Gasteiger partial charge in [0.15, 0.2) is 0 Å². The maximum absolute atomic E-state index is 8.49. The molecule has 74 valence electrons. The summed E-state index contributed by atoms with van der Waals surface area (Å²) in [5, 5.41) is 8.49. The van der Waals surface area contributed by atoms with Gasteiger partial charge in [0.1, 0.15) is 0 Å². The summed E-state index contributed by atoms with van der Waals surface area (Å²) in [4.78, 5) is 5.16. The summed E-state index contributed by atoms with van der Waals surface area (Å²) in [5.41, 5.74) is 2.89. The first kappa shape index (κ1) is 11.9. The fourth-order valence-corrected chi connectivity index (χ4v) is 0.784. The highest BCUT2D eigenvalue weighted by atomic mass is 16.6. The molecule has 2 N–H and O–H groups in total. The van der Waals surface area contributed by atoms with Crippen molar-refractivity contribution >= 4 is 0 Å². The Morgan fingerprint density at radius 3 is 2.58 bits per heavy atom. The van der Waals surface area contributed by atoms with E-state index in [-0.39, 0.29) is 0 Å². The Labute approximate surface area is 75.1 Å². The highest BCUT2D eigenvalue weighted by Gasteiger charge is 1.92. The summed E-state index contributed by atoms with van der Waals surface area (Å²) < 4.78 is 0. The molecule has 0 aromatic carbocycles. The molecular weight excluding hydrogens is 154 g/mol. The van der Waals surface area contributed by atoms with Gasteiger partial charge in [0.05, 0.1) is 6.61 Å². The number of hydrogen-bond donors (Lipinski definition) is 2. The van der Waals surface area contributed by atoms with Gasteiger partial charge in [-0.25, -0.2) is 5.48 Å². The molecule has 0 aliphatic rings. The molecule has 0 fully saturated rings. The largest absolute Gasteiger partial charge is 0.396 e. The first-order valence-corrected chi connectivity index (χ1v) is 4.73. The van der Waals surface area contributed by atoms with Crippen LogP contribution in [0.5, 0.6) is 0 Å². The van der Waals surface area contributed by atoms with Crippen molar-refractivity contribution in [2.24, 2.45) is 5.92 Å². The zero-order chi connectivity index (χ0) is 9.23. The molecule has 0 aliphatic heterocycles. The van der Waals surface area contributed by atoms with Crippen LogP contribution in [0.2, 0.25) is 0 Å². The van der Waals surface area contributed by atoms with Crippen molar-refractivity contribution in [1.82, 2.24) is 5.48 Å². The molecule has 0 bridgehead atoms. The first-order valence-electron chi connectivity index (χ1n) is 4.73. The van der Waals surface area contributed by atoms with Crippen LogP contribution in [0.25, 0.3) is 0 Å². The van der Waals surface area contributed by atoms with E-state index in [0.717, 1.165) is 32.4 Å². The van der Waals surface area contributed by atoms with Gasteiger partial charge < -0.3 is 9.94 Å². The van der Waals surface area contributed by atoms with E-state index in [2.05, 4.69) is 19.3 Å². The van der Waals surface area contributed by atoms with Crippen LogP contribution in [0.1, 0.15) is 33.1 Å². The summed E-state index contributed by atoms with van der Waals surface area (Å²) in [6.07, 6.45) is 3.03. The third-order valence-electron chi connectivity index (χ3n) is 1.46. The Balaban J connectivity index is 2.82. The van der Waals surface area contributed by atoms with Gasteiger partial charge in [0, 0.05) is 13.2 Å². The van der Waals surface area contributed by atoms with Gasteiger partial charge in [-0.15, -0.1) is 0 Å². The molecule has 0 aromatic rings. The van der Waals surface area contributed by atoms with Gasteiger partial charge >= 0.3 is 0 Å². The minimum Gasteiger partial charge on any atom is -0.396 e. The van der Waals surface area contributed by atoms with E-state index in [1.54, 1.807) is 0 Å². The Kier molecular flexibility index (Phi) is 8.88. The minimum atomic E-state index is 0.298. The predicted molar refractivity (Wildman–Crippen MR) is 49.7 cm³/mol. The Morgan fingerprint density at radius 1 is 1.25 bits per heavy atom. The monoisotopic (exact) mass is 175 g/mol. The van der Waals surface area contributed by atoms with E-state index in [4.69, 9.17) is 9.94 Å². The molecule has 0 radical (unpaired) electrons. The number of nitrogens with one attached hydrogen (secondary N) is 1. The van der Waals surface area contributed by atoms with Crippen LogP contribution < -0.4 is 5.48 Å². The SMILES string of the molecule is CC(C)CONCCCCCO. The normalized spacial score (nSPS) is 11.0. The second kappa shape index (κ2) is 8.97. The second-order valence-corrected chi connectivity index (χ2v) is 3.38. The zero-order valence-electron chi connectivity index (χ0n) is 8.18. The van der Waals surface area contributed by atoms with Crippen LogP contribution in [0.3, 0.4) is 0 Å². The lowest BCUT2D eigenvalue weighted by molar-refractivity contribution is 0.0230. The quantitative estimate of drug-likeness (QED) is 0.432. The molecule has 0 atom stereocenters. The molecule has 0 unspecified atom stereocenters. The van der Waals surface area contributed by atoms with E-state index in [1.165, 1.54) is 0 Å². The Bertz CT molecular complexity index is 86.6. The molecule has 3 heteroatoms. The van der Waals surface area contributed by atoms with E-state index in [1.807, 2.05) is 0 Å². The number of aliphatic hydroxyl groups excluding tert-OH is 1. The van der Waals surface area contributed by atoms with Gasteiger partial charge in [-0.2, -0.15) is 0 Å². The number of rotatable bonds is 8. The maximum Gasteiger partial charge on any atom is 0.0705 e. The number of aliphatic hydroxyl groups is 1. The molecule has 0 heterocycles. The van der Waals surface area contributed by atoms with E-state index < -0.39 is 0 Å². The van der Waals surface area contributed by atoms with Crippen molar-refractivity contribution in [1.29, 1.82) is 0 Å². The van der Waals surface area contributed by atoms with E-state index in [0.29, 0.717) is 12.5 Å². The summed E-state index contributed by atoms with van der Waals surface area (Å²) in [5.74, 6) is 0.579. The van der Waals surface area contributed by atoms with Crippen LogP contribution in [0.4, 0.5) is 0 Å². The Morgan fingerprint density at radius 2 is 2.00 bits per heavy atom. The molecule has 3 nitrogen and oxygen atoms in total. The van der Waals surface area contributed by atoms with Crippen molar-refractivity contribution in [3.05, 3.63) is 0 Å². The van der Waals surface area contributed by atoms with E-state index >= 15 is 0 Å². The predicted octanol–water partition coefficient (Wildman–Crippen LogP) is 1.33. The second-order valence-electron chi connectivity index (χ2n) is 3.38. The number of unbranched alkanes of at least 4 members (excludes halogenated alkanes) is 2. The molecule has 0 aromatic heterocycles. The van der Waals surface area contributed by atoms with E-state index in [9.17, 15) is 0 Å². The lowest BCUT2D eigenvalue weighted by Crippen LogP contribution is -2.18. The van der Waals surface area contributed by atoms with Crippen molar-refractivity contribution in [2.75, 3.05) is 19.8 Å². The summed E-state index contributed by atoms with van der Waals surface area (Å²) in [6, 6.07) is 0. The number of hydrogen-bond acceptors (Lipinski definition) is 3. The van der Waals surface area contributed by atoms with Crippen molar-refractivity contribution in [3.63, 3.8) is 0 Å². The summed E-state index contributed by atoms with van der Waals surface area (Å²) in [6.45, 7) is 6.18. The van der Waals surface area contributed by atoms with Crippen LogP contribution in [0, 0.1) is 5.92 Å². The highest BCUT2D eigenvalue weighted by molar-refractivity contribution is 4.42. The molecule has 0 aliphatic carbocycles.